The van der Waals surface area contributed by atoms with E-state index in [0.29, 0.717) is 0 Å². The van der Waals surface area contributed by atoms with Crippen molar-refractivity contribution in [1.82, 2.24) is 0 Å². The summed E-state index contributed by atoms with van der Waals surface area (Å²) in [4.78, 5) is 0. The maximum absolute atomic E-state index is 11.6. The zero-order valence-electron chi connectivity index (χ0n) is 11.7. The first-order valence-electron chi connectivity index (χ1n) is 5.28. The molecule has 0 bridgehead atoms. The summed E-state index contributed by atoms with van der Waals surface area (Å²) in [5.41, 5.74) is 0. The summed E-state index contributed by atoms with van der Waals surface area (Å²) in [6.45, 7) is 0. The first-order valence-corrected chi connectivity index (χ1v) is 2.34. The highest BCUT2D eigenvalue weighted by molar-refractivity contribution is 8.00. The molecule has 0 rings (SSSR count). The van der Waals surface area contributed by atoms with Crippen molar-refractivity contribution >= 4 is 9.93 Å². The Balaban J connectivity index is 0. The third-order valence-electron chi connectivity index (χ3n) is 0. The smallest absolute Gasteiger partial charge is 0.101 e. The van der Waals surface area contributed by atoms with Crippen LogP contribution in [0.5, 0.6) is 0 Å². The molecule has 0 saturated carbocycles. The summed E-state index contributed by atoms with van der Waals surface area (Å²) in [7, 11) is -4.94. The fraction of sp³-hybridized carbons (Fsp3) is 1.00. The molecule has 0 N–H and O–H groups in total. The molecule has 0 atom stereocenters. The highest BCUT2D eigenvalue weighted by Crippen LogP contribution is 1.78. The lowest BCUT2D eigenvalue weighted by Gasteiger charge is -1.80. The van der Waals surface area contributed by atoms with E-state index in [-0.39, 0.29) is 24.0 Å². The lowest BCUT2D eigenvalue weighted by molar-refractivity contribution is -0.00000277. The Morgan fingerprint density at radius 3 is 1.83 bits per heavy atom. The molecule has 0 aliphatic heterocycles. The van der Waals surface area contributed by atoms with E-state index in [9.17, 15) is 4.21 Å². The number of hydrogen-bond donors (Lipinski definition) is 0. The van der Waals surface area contributed by atoms with Gasteiger partial charge in [-0.15, -0.1) is 4.21 Å². The lowest BCUT2D eigenvalue weighted by Crippen LogP contribution is -3.00. The van der Waals surface area contributed by atoms with E-state index in [4.69, 9.17) is 12.3 Å². The van der Waals surface area contributed by atoms with Crippen molar-refractivity contribution in [3.8, 4) is 0 Å². The minimum atomic E-state index is -4.94. The average molecular weight is 229 g/mol. The summed E-state index contributed by atoms with van der Waals surface area (Å²) in [6.07, 6.45) is -10.6. The van der Waals surface area contributed by atoms with Crippen molar-refractivity contribution in [1.29, 1.82) is 0 Å². The molecule has 40 valence electrons. The van der Waals surface area contributed by atoms with Gasteiger partial charge >= 0.3 is 0 Å². The third kappa shape index (κ3) is 94.9. The maximum Gasteiger partial charge on any atom is 0.101 e. The minimum Gasteiger partial charge on any atom is -1.00 e. The molecule has 0 aromatic carbocycles. The van der Waals surface area contributed by atoms with Gasteiger partial charge in [-0.1, -0.05) is 0 Å². The summed E-state index contributed by atoms with van der Waals surface area (Å²) in [5, 5.41) is 0. The molecule has 1 nitrogen and oxygen atoms in total. The molecular formula is C3H9IOS. The molecule has 0 unspecified atom stereocenters. The fourth-order valence-electron chi connectivity index (χ4n) is 0. The van der Waals surface area contributed by atoms with Gasteiger partial charge in [-0.3, -0.25) is 0 Å². The van der Waals surface area contributed by atoms with Crippen molar-refractivity contribution in [3.63, 3.8) is 0 Å². The first-order chi connectivity index (χ1) is 5.75. The second-order valence-electron chi connectivity index (χ2n) is 0.556. The van der Waals surface area contributed by atoms with Crippen LogP contribution in [0.15, 0.2) is 0 Å². The topological polar surface area (TPSA) is 17.1 Å². The fourth-order valence-corrected chi connectivity index (χ4v) is 0. The Morgan fingerprint density at radius 1 is 1.50 bits per heavy atom. The van der Waals surface area contributed by atoms with Crippen molar-refractivity contribution in [2.45, 2.75) is 0 Å². The maximum atomic E-state index is 11.6. The van der Waals surface area contributed by atoms with Gasteiger partial charge in [-0.2, -0.15) is 0 Å². The highest BCUT2D eigenvalue weighted by atomic mass is 127. The molecule has 0 aliphatic carbocycles. The van der Waals surface area contributed by atoms with Gasteiger partial charge in [-0.25, -0.2) is 0 Å². The van der Waals surface area contributed by atoms with Gasteiger partial charge in [-0.05, 0) is 0 Å². The first kappa shape index (κ1) is 1.23. The minimum absolute atomic E-state index is 0. The number of halogens is 1. The van der Waals surface area contributed by atoms with Gasteiger partial charge in [0.05, 0.1) is 22.3 Å². The molecule has 0 fully saturated rings. The Morgan fingerprint density at radius 2 is 1.83 bits per heavy atom. The van der Waals surface area contributed by atoms with Crippen molar-refractivity contribution < 1.29 is 40.5 Å². The highest BCUT2D eigenvalue weighted by Gasteiger charge is 1.95. The van der Waals surface area contributed by atoms with E-state index in [0.717, 1.165) is 0 Å². The van der Waals surface area contributed by atoms with E-state index in [1.165, 1.54) is 0 Å². The largest absolute Gasteiger partial charge is 1.00 e. The zero-order valence-corrected chi connectivity index (χ0v) is 5.67. The van der Waals surface area contributed by atoms with Gasteiger partial charge in [0.25, 0.3) is 0 Å². The SMILES string of the molecule is [2H]C([2H])([2H])[S+](=O)(C([2H])([2H])[2H])C([2H])([2H])[2H].[I-]. The van der Waals surface area contributed by atoms with Crippen LogP contribution in [0.1, 0.15) is 12.3 Å². The number of hydrogen-bond acceptors (Lipinski definition) is 1. The zero-order chi connectivity index (χ0) is 12.0. The van der Waals surface area contributed by atoms with Crippen LogP contribution >= 0.6 is 0 Å². The summed E-state index contributed by atoms with van der Waals surface area (Å²) >= 11 is 0. The van der Waals surface area contributed by atoms with Gasteiger partial charge in [0.2, 0.25) is 0 Å². The molecule has 6 heavy (non-hydrogen) atoms. The summed E-state index contributed by atoms with van der Waals surface area (Å²) < 4.78 is 72.2. The van der Waals surface area contributed by atoms with E-state index in [1.54, 1.807) is 0 Å². The summed E-state index contributed by atoms with van der Waals surface area (Å²) in [5.74, 6) is 0. The van der Waals surface area contributed by atoms with Gasteiger partial charge in [0, 0.05) is 0 Å². The van der Waals surface area contributed by atoms with Crippen LogP contribution in [0.25, 0.3) is 0 Å². The van der Waals surface area contributed by atoms with Crippen LogP contribution in [0.2, 0.25) is 0 Å². The predicted octanol–water partition coefficient (Wildman–Crippen LogP) is -2.62. The normalized spacial score (nSPS) is 38.3. The standard InChI is InChI=1S/C3H9OS.HI/c1-5(2,3)4;/h1-3H3;1H/q+1;/p-1/i1D3,2D3,3D3;. The molecule has 0 aromatic heterocycles. The summed E-state index contributed by atoms with van der Waals surface area (Å²) in [6, 6.07) is 0. The molecule has 0 aliphatic rings. The second kappa shape index (κ2) is 2.96. The van der Waals surface area contributed by atoms with Gasteiger partial charge in [0.1, 0.15) is 18.6 Å². The molecule has 0 aromatic rings. The van der Waals surface area contributed by atoms with E-state index < -0.39 is 28.5 Å². The molecular weight excluding hydrogens is 211 g/mol. The molecule has 0 heterocycles. The van der Waals surface area contributed by atoms with Crippen LogP contribution in [0, 0.1) is 0 Å². The van der Waals surface area contributed by atoms with Gasteiger partial charge < -0.3 is 24.0 Å². The van der Waals surface area contributed by atoms with Crippen LogP contribution in [0.4, 0.5) is 0 Å². The molecule has 0 spiro atoms. The molecule has 3 heteroatoms. The average Bonchev–Trinajstić information content (AvgIpc) is 1.77. The van der Waals surface area contributed by atoms with Gasteiger partial charge in [0.15, 0.2) is 0 Å². The van der Waals surface area contributed by atoms with Crippen molar-refractivity contribution in [2.75, 3.05) is 18.6 Å². The Kier molecular flexibility index (Phi) is 0.609. The van der Waals surface area contributed by atoms with Crippen LogP contribution in [0.3, 0.4) is 0 Å². The Hall–Kier alpha value is 0.880. The molecule has 0 radical (unpaired) electrons. The third-order valence-corrected chi connectivity index (χ3v) is 0. The quantitative estimate of drug-likeness (QED) is 0.328. The molecule has 0 amide bonds. The lowest BCUT2D eigenvalue weighted by atomic mass is 11.9. The van der Waals surface area contributed by atoms with Crippen molar-refractivity contribution in [3.05, 3.63) is 0 Å². The Labute approximate surface area is 69.6 Å². The van der Waals surface area contributed by atoms with Crippen LogP contribution in [-0.4, -0.2) is 18.6 Å². The second-order valence-corrected chi connectivity index (χ2v) is 1.67. The Bertz CT molecular complexity index is 217. The van der Waals surface area contributed by atoms with Crippen molar-refractivity contribution in [2.24, 2.45) is 0 Å². The predicted molar refractivity (Wildman–Crippen MR) is 25.8 cm³/mol. The van der Waals surface area contributed by atoms with Crippen LogP contribution < -0.4 is 24.0 Å². The molecule has 0 saturated heterocycles. The van der Waals surface area contributed by atoms with E-state index in [2.05, 4.69) is 0 Å². The van der Waals surface area contributed by atoms with Crippen LogP contribution in [-0.2, 0) is 14.1 Å². The number of rotatable bonds is 0. The monoisotopic (exact) mass is 229 g/mol. The van der Waals surface area contributed by atoms with E-state index >= 15 is 0 Å². The van der Waals surface area contributed by atoms with E-state index in [1.807, 2.05) is 0 Å².